The van der Waals surface area contributed by atoms with Gasteiger partial charge in [0.15, 0.2) is 5.78 Å². The average molecular weight is 399 g/mol. The lowest BCUT2D eigenvalue weighted by Gasteiger charge is -2.37. The lowest BCUT2D eigenvalue weighted by Crippen LogP contribution is -2.50. The van der Waals surface area contributed by atoms with E-state index in [9.17, 15) is 4.79 Å². The second-order valence-electron chi connectivity index (χ2n) is 8.16. The Morgan fingerprint density at radius 2 is 1.54 bits per heavy atom. The third kappa shape index (κ3) is 4.11. The number of hydrogen-bond donors (Lipinski definition) is 1. The molecule has 1 aromatic heterocycles. The number of rotatable bonds is 9. The zero-order valence-electron chi connectivity index (χ0n) is 17.4. The molecule has 0 fully saturated rings. The van der Waals surface area contributed by atoms with Gasteiger partial charge in [-0.3, -0.25) is 9.69 Å². The van der Waals surface area contributed by atoms with E-state index in [1.165, 1.54) is 0 Å². The Morgan fingerprint density at radius 3 is 2.14 bits per heavy atom. The molecule has 0 bridgehead atoms. The Morgan fingerprint density at radius 1 is 0.964 bits per heavy atom. The van der Waals surface area contributed by atoms with Gasteiger partial charge >= 0.3 is 0 Å². The van der Waals surface area contributed by atoms with Gasteiger partial charge in [0.2, 0.25) is 0 Å². The molecule has 150 valence electrons. The highest BCUT2D eigenvalue weighted by molar-refractivity contribution is 6.31. The summed E-state index contributed by atoms with van der Waals surface area (Å²) in [6, 6.07) is 11.8. The summed E-state index contributed by atoms with van der Waals surface area (Å²) in [4.78, 5) is 19.3. The molecule has 0 radical (unpaired) electrons. The van der Waals surface area contributed by atoms with Gasteiger partial charge in [0, 0.05) is 32.4 Å². The number of ketones is 1. The summed E-state index contributed by atoms with van der Waals surface area (Å²) in [6.07, 6.45) is 4.49. The van der Waals surface area contributed by atoms with Gasteiger partial charge in [-0.1, -0.05) is 38.3 Å². The van der Waals surface area contributed by atoms with Gasteiger partial charge in [0.25, 0.3) is 0 Å². The third-order valence-electron chi connectivity index (χ3n) is 5.73. The lowest BCUT2D eigenvalue weighted by atomic mass is 9.90. The number of fused-ring (bicyclic) bond motifs is 3. The number of Topliss-reactive ketones (excluding diaryl/α,β-unsaturated/α-hetero) is 1. The van der Waals surface area contributed by atoms with Gasteiger partial charge in [0.05, 0.1) is 5.54 Å². The maximum absolute atomic E-state index is 13.5. The van der Waals surface area contributed by atoms with Crippen molar-refractivity contribution in [3.05, 3.63) is 47.0 Å². The number of halogens is 1. The SMILES string of the molecule is CCCCN(CCCC)C(C)(C)C(=O)c1ccc2[nH]c3ccc(Cl)cc3c2c1. The van der Waals surface area contributed by atoms with Gasteiger partial charge < -0.3 is 4.98 Å². The summed E-state index contributed by atoms with van der Waals surface area (Å²) in [5.74, 6) is 0.179. The molecular weight excluding hydrogens is 368 g/mol. The first kappa shape index (κ1) is 20.9. The van der Waals surface area contributed by atoms with Crippen LogP contribution in [0.25, 0.3) is 21.8 Å². The average Bonchev–Trinajstić information content (AvgIpc) is 3.04. The molecule has 0 spiro atoms. The highest BCUT2D eigenvalue weighted by atomic mass is 35.5. The molecule has 0 unspecified atom stereocenters. The van der Waals surface area contributed by atoms with Crippen LogP contribution in [0.1, 0.15) is 63.7 Å². The van der Waals surface area contributed by atoms with Gasteiger partial charge in [-0.15, -0.1) is 0 Å². The first-order valence-corrected chi connectivity index (χ1v) is 10.8. The summed E-state index contributed by atoms with van der Waals surface area (Å²) < 4.78 is 0. The maximum Gasteiger partial charge on any atom is 0.182 e. The number of aromatic nitrogens is 1. The van der Waals surface area contributed by atoms with Gasteiger partial charge in [-0.2, -0.15) is 0 Å². The predicted octanol–water partition coefficient (Wildman–Crippen LogP) is 6.84. The molecular formula is C24H31ClN2O. The van der Waals surface area contributed by atoms with Crippen molar-refractivity contribution < 1.29 is 4.79 Å². The van der Waals surface area contributed by atoms with E-state index < -0.39 is 5.54 Å². The molecule has 0 aliphatic heterocycles. The Labute approximate surface area is 173 Å². The van der Waals surface area contributed by atoms with Crippen LogP contribution in [0, 0.1) is 0 Å². The Hall–Kier alpha value is -1.84. The number of unbranched alkanes of at least 4 members (excludes halogenated alkanes) is 2. The highest BCUT2D eigenvalue weighted by Crippen LogP contribution is 2.30. The molecule has 0 aliphatic carbocycles. The van der Waals surface area contributed by atoms with E-state index in [4.69, 9.17) is 11.6 Å². The zero-order chi connectivity index (χ0) is 20.3. The quantitative estimate of drug-likeness (QED) is 0.400. The fourth-order valence-electron chi connectivity index (χ4n) is 3.88. The van der Waals surface area contributed by atoms with E-state index in [1.807, 2.05) is 36.4 Å². The van der Waals surface area contributed by atoms with Crippen molar-refractivity contribution in [3.8, 4) is 0 Å². The number of nitrogens with one attached hydrogen (secondary N) is 1. The Bertz CT molecular complexity index is 965. The van der Waals surface area contributed by atoms with Crippen LogP contribution in [0.5, 0.6) is 0 Å². The van der Waals surface area contributed by atoms with E-state index in [-0.39, 0.29) is 5.78 Å². The minimum Gasteiger partial charge on any atom is -0.355 e. The van der Waals surface area contributed by atoms with Gasteiger partial charge in [-0.25, -0.2) is 0 Å². The predicted molar refractivity (Wildman–Crippen MR) is 121 cm³/mol. The van der Waals surface area contributed by atoms with E-state index in [2.05, 4.69) is 37.6 Å². The second-order valence-corrected chi connectivity index (χ2v) is 8.59. The summed E-state index contributed by atoms with van der Waals surface area (Å²) >= 11 is 6.20. The molecule has 0 atom stereocenters. The van der Waals surface area contributed by atoms with Crippen molar-refractivity contribution >= 4 is 39.2 Å². The molecule has 2 aromatic carbocycles. The third-order valence-corrected chi connectivity index (χ3v) is 5.97. The van der Waals surface area contributed by atoms with Crippen molar-refractivity contribution in [1.29, 1.82) is 0 Å². The van der Waals surface area contributed by atoms with Crippen molar-refractivity contribution in [2.24, 2.45) is 0 Å². The Kier molecular flexibility index (Phi) is 6.47. The van der Waals surface area contributed by atoms with Crippen molar-refractivity contribution in [3.63, 3.8) is 0 Å². The van der Waals surface area contributed by atoms with Crippen LogP contribution in [0.2, 0.25) is 5.02 Å². The molecule has 1 N–H and O–H groups in total. The van der Waals surface area contributed by atoms with Crippen molar-refractivity contribution in [1.82, 2.24) is 9.88 Å². The molecule has 0 amide bonds. The number of hydrogen-bond acceptors (Lipinski definition) is 2. The molecule has 3 nitrogen and oxygen atoms in total. The maximum atomic E-state index is 13.5. The van der Waals surface area contributed by atoms with Crippen molar-refractivity contribution in [2.45, 2.75) is 58.9 Å². The van der Waals surface area contributed by atoms with Gasteiger partial charge in [0.1, 0.15) is 0 Å². The number of benzene rings is 2. The van der Waals surface area contributed by atoms with Crippen LogP contribution < -0.4 is 0 Å². The second kappa shape index (κ2) is 8.67. The standard InChI is InChI=1S/C24H31ClN2O/c1-5-7-13-27(14-8-6-2)24(3,4)23(28)17-9-11-21-19(15-17)20-16-18(25)10-12-22(20)26-21/h9-12,15-16,26H,5-8,13-14H2,1-4H3. The largest absolute Gasteiger partial charge is 0.355 e. The van der Waals surface area contributed by atoms with Crippen LogP contribution in [-0.4, -0.2) is 34.3 Å². The molecule has 28 heavy (non-hydrogen) atoms. The fourth-order valence-corrected chi connectivity index (χ4v) is 4.05. The van der Waals surface area contributed by atoms with Crippen LogP contribution in [-0.2, 0) is 0 Å². The van der Waals surface area contributed by atoms with Crippen LogP contribution in [0.4, 0.5) is 0 Å². The summed E-state index contributed by atoms with van der Waals surface area (Å²) in [6.45, 7) is 10.4. The highest BCUT2D eigenvalue weighted by Gasteiger charge is 2.34. The zero-order valence-corrected chi connectivity index (χ0v) is 18.2. The monoisotopic (exact) mass is 398 g/mol. The van der Waals surface area contributed by atoms with E-state index in [0.717, 1.165) is 66.1 Å². The van der Waals surface area contributed by atoms with Crippen LogP contribution >= 0.6 is 11.6 Å². The fraction of sp³-hybridized carbons (Fsp3) is 0.458. The molecule has 1 heterocycles. The van der Waals surface area contributed by atoms with Crippen LogP contribution in [0.3, 0.4) is 0 Å². The minimum absolute atomic E-state index is 0.179. The lowest BCUT2D eigenvalue weighted by molar-refractivity contribution is 0.0630. The topological polar surface area (TPSA) is 36.1 Å². The van der Waals surface area contributed by atoms with Crippen LogP contribution in [0.15, 0.2) is 36.4 Å². The first-order chi connectivity index (χ1) is 13.4. The molecule has 0 saturated heterocycles. The number of carbonyl (C=O) groups excluding carboxylic acids is 1. The number of H-pyrrole nitrogens is 1. The summed E-state index contributed by atoms with van der Waals surface area (Å²) in [5, 5.41) is 2.81. The molecule has 3 rings (SSSR count). The smallest absolute Gasteiger partial charge is 0.182 e. The minimum atomic E-state index is -0.526. The number of nitrogens with zero attached hydrogens (tertiary/aromatic N) is 1. The summed E-state index contributed by atoms with van der Waals surface area (Å²) in [7, 11) is 0. The molecule has 4 heteroatoms. The van der Waals surface area contributed by atoms with E-state index in [0.29, 0.717) is 5.02 Å². The molecule has 0 saturated carbocycles. The number of carbonyl (C=O) groups is 1. The number of aromatic amines is 1. The van der Waals surface area contributed by atoms with Crippen molar-refractivity contribution in [2.75, 3.05) is 13.1 Å². The normalized spacial score (nSPS) is 12.4. The first-order valence-electron chi connectivity index (χ1n) is 10.4. The van der Waals surface area contributed by atoms with E-state index in [1.54, 1.807) is 0 Å². The Balaban J connectivity index is 1.97. The molecule has 3 aromatic rings. The van der Waals surface area contributed by atoms with Gasteiger partial charge in [-0.05, 0) is 76.2 Å². The van der Waals surface area contributed by atoms with E-state index >= 15 is 0 Å². The summed E-state index contributed by atoms with van der Waals surface area (Å²) in [5.41, 5.74) is 2.30. The molecule has 0 aliphatic rings.